The van der Waals surface area contributed by atoms with E-state index >= 15 is 0 Å². The van der Waals surface area contributed by atoms with Crippen molar-refractivity contribution in [2.75, 3.05) is 74.0 Å². The van der Waals surface area contributed by atoms with Crippen LogP contribution in [0.15, 0.2) is 110 Å². The van der Waals surface area contributed by atoms with E-state index in [-0.39, 0.29) is 52.8 Å². The minimum absolute atomic E-state index is 0.0224. The van der Waals surface area contributed by atoms with Crippen LogP contribution in [-0.4, -0.2) is 133 Å². The fraction of sp³-hybridized carbons (Fsp3) is 0.361. The highest BCUT2D eigenvalue weighted by atomic mass is 19.4. The summed E-state index contributed by atoms with van der Waals surface area (Å²) in [5.41, 5.74) is 7.12. The number of halogens is 3. The number of piperazine rings is 1. The molecule has 0 saturated carbocycles. The average molecular weight is 1120 g/mol. The van der Waals surface area contributed by atoms with E-state index < -0.39 is 24.5 Å². The summed E-state index contributed by atoms with van der Waals surface area (Å²) in [6, 6.07) is 29.9. The lowest BCUT2D eigenvalue weighted by Gasteiger charge is -2.38. The van der Waals surface area contributed by atoms with Gasteiger partial charge in [0.25, 0.3) is 5.91 Å². The third kappa shape index (κ3) is 13.2. The molecule has 0 radical (unpaired) electrons. The van der Waals surface area contributed by atoms with E-state index in [1.54, 1.807) is 29.2 Å². The molecule has 5 heterocycles. The molecule has 18 nitrogen and oxygen atoms in total. The van der Waals surface area contributed by atoms with Gasteiger partial charge >= 0.3 is 6.18 Å². The standard InChI is InChI=1S/C61H67F3N12O6/c1-4-55(81)73-25-27-74(28-26-73)56-47-20-24-75(51-31-45(77)30-43-7-5-6-8-46(43)51)36-50(47)68-60(69-56)65-21-17-54(80)66-34-41-9-11-42(12-10-41)35-72-22-18-40(19-23-72)29-39-13-15-44(16-14-39)76-57(49-32-48(38(2)3)52(78)33-53(49)79)70-71-58(76)59(82)67-37-61(62,63)64/h4-16,30-33,38,40,77-79H,1,17-29,34-37H2,2-3H3,(H,66,80)(H,67,82)(H,65,68,69). The van der Waals surface area contributed by atoms with Gasteiger partial charge in [0.05, 0.1) is 17.8 Å². The summed E-state index contributed by atoms with van der Waals surface area (Å²) < 4.78 is 40.6. The molecular formula is C61H67F3N12O6. The van der Waals surface area contributed by atoms with E-state index in [1.807, 2.05) is 61.6 Å². The summed E-state index contributed by atoms with van der Waals surface area (Å²) in [7, 11) is 0. The van der Waals surface area contributed by atoms with Crippen molar-refractivity contribution < 1.29 is 42.9 Å². The van der Waals surface area contributed by atoms with Crippen LogP contribution in [0, 0.1) is 5.92 Å². The number of hydrogen-bond donors (Lipinski definition) is 6. The number of aromatic nitrogens is 5. The molecular weight excluding hydrogens is 1050 g/mol. The van der Waals surface area contributed by atoms with Gasteiger partial charge in [-0.1, -0.05) is 81.1 Å². The molecule has 2 fully saturated rings. The van der Waals surface area contributed by atoms with Crippen LogP contribution in [0.4, 0.5) is 30.6 Å². The monoisotopic (exact) mass is 1120 g/mol. The van der Waals surface area contributed by atoms with Crippen molar-refractivity contribution in [1.29, 1.82) is 0 Å². The van der Waals surface area contributed by atoms with Crippen LogP contribution in [-0.2, 0) is 42.1 Å². The summed E-state index contributed by atoms with van der Waals surface area (Å²) in [6.07, 6.45) is 0.348. The number of anilines is 3. The van der Waals surface area contributed by atoms with Gasteiger partial charge in [-0.25, -0.2) is 4.98 Å². The van der Waals surface area contributed by atoms with Crippen molar-refractivity contribution in [1.82, 2.24) is 45.2 Å². The van der Waals surface area contributed by atoms with Crippen molar-refractivity contribution in [3.8, 4) is 34.3 Å². The number of rotatable bonds is 18. The number of aromatic hydroxyl groups is 3. The van der Waals surface area contributed by atoms with Gasteiger partial charge in [0.2, 0.25) is 23.6 Å². The van der Waals surface area contributed by atoms with Crippen molar-refractivity contribution in [2.45, 2.75) is 77.7 Å². The molecule has 0 unspecified atom stereocenters. The van der Waals surface area contributed by atoms with E-state index in [0.29, 0.717) is 81.9 Å². The number of alkyl halides is 3. The summed E-state index contributed by atoms with van der Waals surface area (Å²) in [6.45, 7) is 12.6. The number of carbonyl (C=O) groups is 3. The molecule has 0 atom stereocenters. The molecule has 5 aromatic carbocycles. The number of hydrogen-bond acceptors (Lipinski definition) is 14. The zero-order chi connectivity index (χ0) is 57.7. The van der Waals surface area contributed by atoms with Crippen LogP contribution in [0.5, 0.6) is 17.2 Å². The maximum atomic E-state index is 13.2. The van der Waals surface area contributed by atoms with Crippen LogP contribution in [0.25, 0.3) is 27.8 Å². The molecule has 7 aromatic rings. The van der Waals surface area contributed by atoms with Gasteiger partial charge in [-0.15, -0.1) is 10.2 Å². The second-order valence-corrected chi connectivity index (χ2v) is 21.6. The molecule has 6 N–H and O–H groups in total. The van der Waals surface area contributed by atoms with Gasteiger partial charge in [0.15, 0.2) is 5.82 Å². The minimum Gasteiger partial charge on any atom is -0.508 e. The molecule has 0 aliphatic carbocycles. The Morgan fingerprint density at radius 2 is 1.51 bits per heavy atom. The van der Waals surface area contributed by atoms with Crippen LogP contribution < -0.4 is 25.8 Å². The fourth-order valence-electron chi connectivity index (χ4n) is 11.2. The van der Waals surface area contributed by atoms with Crippen LogP contribution in [0.2, 0.25) is 0 Å². The number of nitrogens with zero attached hydrogens (tertiary/aromatic N) is 9. The Bertz CT molecular complexity index is 3470. The quantitative estimate of drug-likeness (QED) is 0.0445. The Morgan fingerprint density at radius 3 is 2.23 bits per heavy atom. The first-order valence-corrected chi connectivity index (χ1v) is 27.8. The van der Waals surface area contributed by atoms with Crippen LogP contribution in [0.3, 0.4) is 0 Å². The van der Waals surface area contributed by atoms with Gasteiger partial charge in [-0.2, -0.15) is 18.2 Å². The number of fused-ring (bicyclic) bond motifs is 2. The lowest BCUT2D eigenvalue weighted by molar-refractivity contribution is -0.126. The van der Waals surface area contributed by atoms with Gasteiger partial charge in [-0.3, -0.25) is 23.9 Å². The molecule has 10 rings (SSSR count). The molecule has 21 heteroatoms. The fourth-order valence-corrected chi connectivity index (χ4v) is 11.2. The predicted octanol–water partition coefficient (Wildman–Crippen LogP) is 8.38. The third-order valence-corrected chi connectivity index (χ3v) is 15.6. The number of phenols is 3. The maximum absolute atomic E-state index is 13.2. The van der Waals surface area contributed by atoms with Crippen molar-refractivity contribution in [3.63, 3.8) is 0 Å². The number of benzene rings is 5. The van der Waals surface area contributed by atoms with E-state index in [2.05, 4.69) is 60.3 Å². The third-order valence-electron chi connectivity index (χ3n) is 15.6. The van der Waals surface area contributed by atoms with Crippen LogP contribution >= 0.6 is 0 Å². The highest BCUT2D eigenvalue weighted by molar-refractivity contribution is 5.96. The maximum Gasteiger partial charge on any atom is 0.405 e. The molecule has 3 amide bonds. The lowest BCUT2D eigenvalue weighted by atomic mass is 9.90. The zero-order valence-corrected chi connectivity index (χ0v) is 45.9. The molecule has 3 aliphatic rings. The van der Waals surface area contributed by atoms with Gasteiger partial charge in [-0.05, 0) is 109 Å². The molecule has 0 bridgehead atoms. The molecule has 2 saturated heterocycles. The SMILES string of the molecule is C=CC(=O)N1CCN(c2nc(NCCC(=O)NCc3ccc(CN4CCC(Cc5ccc(-n6c(C(=O)NCC(F)(F)F)nnc6-c6cc(C(C)C)c(O)cc6O)cc5)CC4)cc3)nc3c2CCN(c2cc(O)cc4ccccc24)C3)CC1. The second-order valence-electron chi connectivity index (χ2n) is 21.6. The number of carbonyl (C=O) groups excluding carboxylic acids is 3. The number of nitrogens with one attached hydrogen (secondary N) is 3. The Labute approximate surface area is 473 Å². The lowest BCUT2D eigenvalue weighted by Crippen LogP contribution is -2.49. The predicted molar refractivity (Wildman–Crippen MR) is 307 cm³/mol. The number of piperidine rings is 1. The summed E-state index contributed by atoms with van der Waals surface area (Å²) in [5, 5.41) is 50.3. The molecule has 0 spiro atoms. The first-order chi connectivity index (χ1) is 39.5. The average Bonchev–Trinajstić information content (AvgIpc) is 3.71. The normalized spacial score (nSPS) is 15.2. The van der Waals surface area contributed by atoms with Gasteiger partial charge in [0, 0.05) is 93.2 Å². The van der Waals surface area contributed by atoms with E-state index in [9.17, 15) is 42.9 Å². The van der Waals surface area contributed by atoms with Crippen LogP contribution in [0.1, 0.15) is 83.2 Å². The Balaban J connectivity index is 0.709. The minimum atomic E-state index is -4.65. The summed E-state index contributed by atoms with van der Waals surface area (Å²) >= 11 is 0. The van der Waals surface area contributed by atoms with E-state index in [4.69, 9.17) is 9.97 Å². The second kappa shape index (κ2) is 24.6. The van der Waals surface area contributed by atoms with Crippen molar-refractivity contribution in [3.05, 3.63) is 149 Å². The molecule has 428 valence electrons. The number of phenolic OH excluding ortho intramolecular Hbond substituents is 3. The van der Waals surface area contributed by atoms with Gasteiger partial charge in [0.1, 0.15) is 29.6 Å². The Kier molecular flexibility index (Phi) is 16.9. The van der Waals surface area contributed by atoms with Gasteiger partial charge < -0.3 is 46.0 Å². The smallest absolute Gasteiger partial charge is 0.405 e. The topological polar surface area (TPSA) is 217 Å². The highest BCUT2D eigenvalue weighted by Gasteiger charge is 2.32. The first kappa shape index (κ1) is 56.6. The number of amides is 3. The van der Waals surface area contributed by atoms with Crippen molar-refractivity contribution >= 4 is 45.9 Å². The van der Waals surface area contributed by atoms with E-state index in [1.165, 1.54) is 28.3 Å². The number of likely N-dealkylation sites (tertiary alicyclic amines) is 1. The molecule has 82 heavy (non-hydrogen) atoms. The highest BCUT2D eigenvalue weighted by Crippen LogP contribution is 2.40. The van der Waals surface area contributed by atoms with Crippen molar-refractivity contribution in [2.24, 2.45) is 5.92 Å². The Hall–Kier alpha value is -8.72. The molecule has 3 aliphatic heterocycles. The largest absolute Gasteiger partial charge is 0.508 e. The Morgan fingerprint density at radius 1 is 0.793 bits per heavy atom. The summed E-state index contributed by atoms with van der Waals surface area (Å²) in [4.78, 5) is 57.4. The first-order valence-electron chi connectivity index (χ1n) is 27.8. The van der Waals surface area contributed by atoms with E-state index in [0.717, 1.165) is 83.6 Å². The zero-order valence-electron chi connectivity index (χ0n) is 45.9. The summed E-state index contributed by atoms with van der Waals surface area (Å²) in [5.74, 6) is -0.412. The molecule has 2 aromatic heterocycles.